The van der Waals surface area contributed by atoms with Crippen LogP contribution in [0.4, 0.5) is 17.3 Å². The fraction of sp³-hybridized carbons (Fsp3) is 0.231. The second-order valence-corrected chi connectivity index (χ2v) is 4.85. The molecule has 1 aromatic heterocycles. The van der Waals surface area contributed by atoms with Crippen molar-refractivity contribution >= 4 is 40.5 Å². The van der Waals surface area contributed by atoms with Crippen LogP contribution in [0.25, 0.3) is 0 Å². The molecule has 4 nitrogen and oxygen atoms in total. The number of hydrogen-bond donors (Lipinski definition) is 2. The number of nitrogens with zero attached hydrogens (tertiary/aromatic N) is 2. The van der Waals surface area contributed by atoms with E-state index in [4.69, 9.17) is 23.2 Å². The zero-order valence-corrected chi connectivity index (χ0v) is 12.4. The van der Waals surface area contributed by atoms with Crippen LogP contribution in [-0.2, 0) is 0 Å². The molecular weight excluding hydrogens is 283 g/mol. The number of nitrogens with one attached hydrogen (secondary N) is 2. The fourth-order valence-corrected chi connectivity index (χ4v) is 2.07. The van der Waals surface area contributed by atoms with Gasteiger partial charge in [-0.2, -0.15) is 0 Å². The Balaban J connectivity index is 2.43. The highest BCUT2D eigenvalue weighted by Gasteiger charge is 2.11. The van der Waals surface area contributed by atoms with Gasteiger partial charge < -0.3 is 10.6 Å². The van der Waals surface area contributed by atoms with Gasteiger partial charge in [0, 0.05) is 12.6 Å². The van der Waals surface area contributed by atoms with Crippen molar-refractivity contribution < 1.29 is 0 Å². The highest BCUT2D eigenvalue weighted by molar-refractivity contribution is 6.43. The normalized spacial score (nSPS) is 10.4. The van der Waals surface area contributed by atoms with Gasteiger partial charge in [0.25, 0.3) is 0 Å². The first-order chi connectivity index (χ1) is 9.02. The van der Waals surface area contributed by atoms with E-state index in [1.54, 1.807) is 6.07 Å². The van der Waals surface area contributed by atoms with Gasteiger partial charge in [0.1, 0.15) is 17.5 Å². The second kappa shape index (κ2) is 5.63. The average molecular weight is 297 g/mol. The monoisotopic (exact) mass is 296 g/mol. The number of aromatic nitrogens is 2. The molecule has 2 N–H and O–H groups in total. The van der Waals surface area contributed by atoms with Crippen molar-refractivity contribution in [2.24, 2.45) is 0 Å². The van der Waals surface area contributed by atoms with E-state index in [9.17, 15) is 0 Å². The summed E-state index contributed by atoms with van der Waals surface area (Å²) in [5.41, 5.74) is 1.64. The number of aryl methyl sites for hydroxylation is 1. The Morgan fingerprint density at radius 2 is 1.74 bits per heavy atom. The fourth-order valence-electron chi connectivity index (χ4n) is 1.72. The van der Waals surface area contributed by atoms with Gasteiger partial charge in [-0.05, 0) is 26.0 Å². The standard InChI is InChI=1S/C13H14Cl2N4/c1-7-12(16-3)17-8(2)18-13(7)19-10-6-4-5-9(14)11(10)15/h4-6H,1-3H3,(H2,16,17,18,19). The lowest BCUT2D eigenvalue weighted by Crippen LogP contribution is -2.05. The van der Waals surface area contributed by atoms with E-state index in [1.165, 1.54) is 0 Å². The Bertz CT molecular complexity index is 614. The molecule has 0 unspecified atom stereocenters. The molecule has 0 saturated carbocycles. The SMILES string of the molecule is CNc1nc(C)nc(Nc2cccc(Cl)c2Cl)c1C. The molecule has 0 radical (unpaired) electrons. The van der Waals surface area contributed by atoms with Crippen molar-refractivity contribution in [2.75, 3.05) is 17.7 Å². The van der Waals surface area contributed by atoms with Crippen LogP contribution >= 0.6 is 23.2 Å². The van der Waals surface area contributed by atoms with Gasteiger partial charge in [0.2, 0.25) is 0 Å². The van der Waals surface area contributed by atoms with Gasteiger partial charge in [-0.3, -0.25) is 0 Å². The Morgan fingerprint density at radius 3 is 2.42 bits per heavy atom. The minimum absolute atomic E-state index is 0.478. The van der Waals surface area contributed by atoms with Crippen LogP contribution in [0.1, 0.15) is 11.4 Å². The van der Waals surface area contributed by atoms with Crippen molar-refractivity contribution in [1.29, 1.82) is 0 Å². The van der Waals surface area contributed by atoms with Gasteiger partial charge in [-0.1, -0.05) is 29.3 Å². The first-order valence-electron chi connectivity index (χ1n) is 5.77. The molecule has 100 valence electrons. The molecular formula is C13H14Cl2N4. The number of benzene rings is 1. The molecule has 2 rings (SSSR count). The molecule has 0 aliphatic carbocycles. The molecule has 19 heavy (non-hydrogen) atoms. The third-order valence-electron chi connectivity index (χ3n) is 2.70. The molecule has 1 aromatic carbocycles. The molecule has 0 amide bonds. The lowest BCUT2D eigenvalue weighted by Gasteiger charge is -2.13. The Labute approximate surface area is 122 Å². The summed E-state index contributed by atoms with van der Waals surface area (Å²) in [5.74, 6) is 2.17. The third kappa shape index (κ3) is 2.91. The van der Waals surface area contributed by atoms with Gasteiger partial charge >= 0.3 is 0 Å². The van der Waals surface area contributed by atoms with Crippen LogP contribution in [0.15, 0.2) is 18.2 Å². The molecule has 0 spiro atoms. The summed E-state index contributed by atoms with van der Waals surface area (Å²) in [6.07, 6.45) is 0. The van der Waals surface area contributed by atoms with Gasteiger partial charge in [0.15, 0.2) is 0 Å². The first-order valence-corrected chi connectivity index (χ1v) is 6.52. The number of hydrogen-bond acceptors (Lipinski definition) is 4. The maximum Gasteiger partial charge on any atom is 0.139 e. The molecule has 0 aliphatic rings. The van der Waals surface area contributed by atoms with E-state index in [2.05, 4.69) is 20.6 Å². The highest BCUT2D eigenvalue weighted by atomic mass is 35.5. The van der Waals surface area contributed by atoms with Crippen molar-refractivity contribution in [2.45, 2.75) is 13.8 Å². The van der Waals surface area contributed by atoms with Crippen LogP contribution in [0.2, 0.25) is 10.0 Å². The summed E-state index contributed by atoms with van der Waals surface area (Å²) in [4.78, 5) is 8.70. The topological polar surface area (TPSA) is 49.8 Å². The second-order valence-electron chi connectivity index (χ2n) is 4.07. The molecule has 2 aromatic rings. The molecule has 0 aliphatic heterocycles. The van der Waals surface area contributed by atoms with E-state index in [0.717, 1.165) is 17.1 Å². The summed E-state index contributed by atoms with van der Waals surface area (Å²) < 4.78 is 0. The molecule has 0 saturated heterocycles. The maximum absolute atomic E-state index is 6.16. The Morgan fingerprint density at radius 1 is 1.05 bits per heavy atom. The Kier molecular flexibility index (Phi) is 4.12. The largest absolute Gasteiger partial charge is 0.373 e. The summed E-state index contributed by atoms with van der Waals surface area (Å²) in [7, 11) is 1.82. The predicted molar refractivity (Wildman–Crippen MR) is 80.8 cm³/mol. The van der Waals surface area contributed by atoms with Gasteiger partial charge in [-0.25, -0.2) is 9.97 Å². The number of anilines is 3. The van der Waals surface area contributed by atoms with Crippen LogP contribution in [-0.4, -0.2) is 17.0 Å². The van der Waals surface area contributed by atoms with Crippen molar-refractivity contribution in [3.05, 3.63) is 39.6 Å². The lowest BCUT2D eigenvalue weighted by molar-refractivity contribution is 1.04. The minimum atomic E-state index is 0.478. The Hall–Kier alpha value is -1.52. The zero-order valence-electron chi connectivity index (χ0n) is 10.9. The van der Waals surface area contributed by atoms with Gasteiger partial charge in [0.05, 0.1) is 15.7 Å². The van der Waals surface area contributed by atoms with Crippen LogP contribution < -0.4 is 10.6 Å². The smallest absolute Gasteiger partial charge is 0.139 e. The quantitative estimate of drug-likeness (QED) is 0.892. The third-order valence-corrected chi connectivity index (χ3v) is 3.52. The summed E-state index contributed by atoms with van der Waals surface area (Å²) in [6, 6.07) is 5.43. The molecule has 0 bridgehead atoms. The summed E-state index contributed by atoms with van der Waals surface area (Å²) in [5, 5.41) is 7.21. The lowest BCUT2D eigenvalue weighted by atomic mass is 10.2. The predicted octanol–water partition coefficient (Wildman–Crippen LogP) is 4.19. The van der Waals surface area contributed by atoms with Crippen molar-refractivity contribution in [3.8, 4) is 0 Å². The first kappa shape index (κ1) is 13.9. The summed E-state index contributed by atoms with van der Waals surface area (Å²) in [6.45, 7) is 3.77. The average Bonchev–Trinajstić information content (AvgIpc) is 2.38. The van der Waals surface area contributed by atoms with Gasteiger partial charge in [-0.15, -0.1) is 0 Å². The zero-order chi connectivity index (χ0) is 14.0. The summed E-state index contributed by atoms with van der Waals surface area (Å²) >= 11 is 12.1. The molecule has 0 atom stereocenters. The number of rotatable bonds is 3. The van der Waals surface area contributed by atoms with E-state index in [0.29, 0.717) is 21.7 Å². The maximum atomic E-state index is 6.16. The number of halogens is 2. The highest BCUT2D eigenvalue weighted by Crippen LogP contribution is 2.32. The van der Waals surface area contributed by atoms with E-state index in [1.807, 2.05) is 33.0 Å². The van der Waals surface area contributed by atoms with E-state index >= 15 is 0 Å². The molecule has 1 heterocycles. The minimum Gasteiger partial charge on any atom is -0.373 e. The van der Waals surface area contributed by atoms with E-state index in [-0.39, 0.29) is 0 Å². The van der Waals surface area contributed by atoms with E-state index < -0.39 is 0 Å². The van der Waals surface area contributed by atoms with Crippen molar-refractivity contribution in [3.63, 3.8) is 0 Å². The van der Waals surface area contributed by atoms with Crippen LogP contribution in [0.5, 0.6) is 0 Å². The molecule has 6 heteroatoms. The van der Waals surface area contributed by atoms with Crippen LogP contribution in [0.3, 0.4) is 0 Å². The van der Waals surface area contributed by atoms with Crippen LogP contribution in [0, 0.1) is 13.8 Å². The van der Waals surface area contributed by atoms with Crippen molar-refractivity contribution in [1.82, 2.24) is 9.97 Å². The molecule has 0 fully saturated rings.